The summed E-state index contributed by atoms with van der Waals surface area (Å²) in [5, 5.41) is 0. The molecule has 0 N–H and O–H groups in total. The summed E-state index contributed by atoms with van der Waals surface area (Å²) in [4.78, 5) is 11.1. The third-order valence-corrected chi connectivity index (χ3v) is 2.54. The van der Waals surface area contributed by atoms with Crippen LogP contribution in [0.25, 0.3) is 11.1 Å². The second kappa shape index (κ2) is 4.78. The van der Waals surface area contributed by atoms with Crippen LogP contribution in [0.4, 0.5) is 4.39 Å². The first-order chi connectivity index (χ1) is 8.26. The number of hydrogen-bond donors (Lipinski definition) is 0. The van der Waals surface area contributed by atoms with Crippen LogP contribution in [-0.2, 0) is 0 Å². The predicted octanol–water partition coefficient (Wildman–Crippen LogP) is 3.31. The summed E-state index contributed by atoms with van der Waals surface area (Å²) in [6, 6.07) is 11.4. The van der Waals surface area contributed by atoms with E-state index in [1.165, 1.54) is 19.2 Å². The number of methoxy groups -OCH3 is 1. The molecule has 3 heteroatoms. The van der Waals surface area contributed by atoms with Gasteiger partial charge >= 0.3 is 0 Å². The van der Waals surface area contributed by atoms with Crippen LogP contribution in [0.15, 0.2) is 42.5 Å². The van der Waals surface area contributed by atoms with Crippen molar-refractivity contribution in [2.24, 2.45) is 0 Å². The second-order valence-corrected chi connectivity index (χ2v) is 3.55. The van der Waals surface area contributed by atoms with Gasteiger partial charge in [0.1, 0.15) is 11.6 Å². The lowest BCUT2D eigenvalue weighted by Crippen LogP contribution is -1.94. The highest BCUT2D eigenvalue weighted by Gasteiger charge is 2.10. The smallest absolute Gasteiger partial charge is 0.154 e. The van der Waals surface area contributed by atoms with Crippen molar-refractivity contribution in [3.05, 3.63) is 53.8 Å². The lowest BCUT2D eigenvalue weighted by Gasteiger charge is -2.09. The van der Waals surface area contributed by atoms with Crippen LogP contribution in [0, 0.1) is 5.82 Å². The molecule has 0 heterocycles. The van der Waals surface area contributed by atoms with Crippen LogP contribution in [0.5, 0.6) is 5.75 Å². The SMILES string of the molecule is COc1cccc(-c2cccc(F)c2)c1C=O. The van der Waals surface area contributed by atoms with Gasteiger partial charge in [-0.2, -0.15) is 0 Å². The molecule has 0 unspecified atom stereocenters. The average Bonchev–Trinajstić information content (AvgIpc) is 2.37. The largest absolute Gasteiger partial charge is 0.496 e. The topological polar surface area (TPSA) is 26.3 Å². The quantitative estimate of drug-likeness (QED) is 0.756. The Bertz CT molecular complexity index is 550. The predicted molar refractivity (Wildman–Crippen MR) is 63.8 cm³/mol. The maximum Gasteiger partial charge on any atom is 0.154 e. The minimum atomic E-state index is -0.331. The first-order valence-corrected chi connectivity index (χ1v) is 5.14. The zero-order chi connectivity index (χ0) is 12.3. The molecule has 0 aliphatic heterocycles. The van der Waals surface area contributed by atoms with Crippen molar-refractivity contribution in [3.8, 4) is 16.9 Å². The lowest BCUT2D eigenvalue weighted by atomic mass is 9.99. The fourth-order valence-electron chi connectivity index (χ4n) is 1.75. The van der Waals surface area contributed by atoms with Gasteiger partial charge in [0.25, 0.3) is 0 Å². The lowest BCUT2D eigenvalue weighted by molar-refractivity contribution is 0.112. The average molecular weight is 230 g/mol. The molecule has 2 rings (SSSR count). The normalized spacial score (nSPS) is 10.0. The molecule has 0 radical (unpaired) electrons. The molecule has 86 valence electrons. The van der Waals surface area contributed by atoms with Crippen molar-refractivity contribution in [2.75, 3.05) is 7.11 Å². The van der Waals surface area contributed by atoms with Gasteiger partial charge < -0.3 is 4.74 Å². The number of halogens is 1. The van der Waals surface area contributed by atoms with Gasteiger partial charge in [0.2, 0.25) is 0 Å². The van der Waals surface area contributed by atoms with Crippen LogP contribution in [0.1, 0.15) is 10.4 Å². The van der Waals surface area contributed by atoms with Crippen LogP contribution >= 0.6 is 0 Å². The van der Waals surface area contributed by atoms with Crippen molar-refractivity contribution in [1.82, 2.24) is 0 Å². The number of aldehydes is 1. The molecule has 2 nitrogen and oxygen atoms in total. The van der Waals surface area contributed by atoms with Gasteiger partial charge in [0, 0.05) is 0 Å². The van der Waals surface area contributed by atoms with E-state index in [0.717, 1.165) is 6.29 Å². The summed E-state index contributed by atoms with van der Waals surface area (Å²) in [6.07, 6.45) is 0.721. The summed E-state index contributed by atoms with van der Waals surface area (Å²) in [7, 11) is 1.50. The summed E-state index contributed by atoms with van der Waals surface area (Å²) < 4.78 is 18.3. The van der Waals surface area contributed by atoms with Crippen molar-refractivity contribution >= 4 is 6.29 Å². The Kier molecular flexibility index (Phi) is 3.19. The molecular formula is C14H11FO2. The molecule has 0 saturated heterocycles. The van der Waals surface area contributed by atoms with Gasteiger partial charge in [0.05, 0.1) is 12.7 Å². The third-order valence-electron chi connectivity index (χ3n) is 2.54. The monoisotopic (exact) mass is 230 g/mol. The number of rotatable bonds is 3. The summed E-state index contributed by atoms with van der Waals surface area (Å²) in [5.41, 5.74) is 1.76. The summed E-state index contributed by atoms with van der Waals surface area (Å²) in [5.74, 6) is 0.156. The van der Waals surface area contributed by atoms with Gasteiger partial charge in [-0.25, -0.2) is 4.39 Å². The summed E-state index contributed by atoms with van der Waals surface area (Å²) in [6.45, 7) is 0. The van der Waals surface area contributed by atoms with E-state index in [9.17, 15) is 9.18 Å². The number of benzene rings is 2. The van der Waals surface area contributed by atoms with Gasteiger partial charge in [-0.3, -0.25) is 4.79 Å². The summed E-state index contributed by atoms with van der Waals surface area (Å²) >= 11 is 0. The van der Waals surface area contributed by atoms with E-state index in [4.69, 9.17) is 4.74 Å². The molecule has 0 aromatic heterocycles. The minimum absolute atomic E-state index is 0.331. The van der Waals surface area contributed by atoms with Crippen molar-refractivity contribution in [2.45, 2.75) is 0 Å². The van der Waals surface area contributed by atoms with Crippen molar-refractivity contribution in [1.29, 1.82) is 0 Å². The number of hydrogen-bond acceptors (Lipinski definition) is 2. The van der Waals surface area contributed by atoms with E-state index in [-0.39, 0.29) is 5.82 Å². The highest BCUT2D eigenvalue weighted by Crippen LogP contribution is 2.29. The molecule has 0 spiro atoms. The van der Waals surface area contributed by atoms with E-state index < -0.39 is 0 Å². The Morgan fingerprint density at radius 3 is 2.59 bits per heavy atom. The molecule has 0 amide bonds. The fraction of sp³-hybridized carbons (Fsp3) is 0.0714. The molecule has 17 heavy (non-hydrogen) atoms. The Hall–Kier alpha value is -2.16. The highest BCUT2D eigenvalue weighted by atomic mass is 19.1. The van der Waals surface area contributed by atoms with Crippen LogP contribution in [0.2, 0.25) is 0 Å². The maximum atomic E-state index is 13.2. The Morgan fingerprint density at radius 2 is 1.94 bits per heavy atom. The van der Waals surface area contributed by atoms with Gasteiger partial charge in [-0.1, -0.05) is 24.3 Å². The van der Waals surface area contributed by atoms with Gasteiger partial charge in [-0.15, -0.1) is 0 Å². The van der Waals surface area contributed by atoms with Crippen LogP contribution in [-0.4, -0.2) is 13.4 Å². The molecule has 0 bridgehead atoms. The Balaban J connectivity index is 2.63. The van der Waals surface area contributed by atoms with Crippen molar-refractivity contribution in [3.63, 3.8) is 0 Å². The number of carbonyl (C=O) groups is 1. The number of ether oxygens (including phenoxy) is 1. The zero-order valence-corrected chi connectivity index (χ0v) is 9.31. The van der Waals surface area contributed by atoms with Crippen LogP contribution < -0.4 is 4.74 Å². The first kappa shape index (κ1) is 11.3. The van der Waals surface area contributed by atoms with Crippen LogP contribution in [0.3, 0.4) is 0 Å². The molecule has 2 aromatic carbocycles. The van der Waals surface area contributed by atoms with Crippen molar-refractivity contribution < 1.29 is 13.9 Å². The number of carbonyl (C=O) groups excluding carboxylic acids is 1. The van der Waals surface area contributed by atoms with Gasteiger partial charge in [0.15, 0.2) is 6.29 Å². The maximum absolute atomic E-state index is 13.2. The van der Waals surface area contributed by atoms with E-state index in [1.54, 1.807) is 30.3 Å². The second-order valence-electron chi connectivity index (χ2n) is 3.55. The van der Waals surface area contributed by atoms with E-state index in [0.29, 0.717) is 22.4 Å². The zero-order valence-electron chi connectivity index (χ0n) is 9.31. The fourth-order valence-corrected chi connectivity index (χ4v) is 1.75. The molecule has 0 fully saturated rings. The van der Waals surface area contributed by atoms with E-state index in [1.807, 2.05) is 0 Å². The molecular weight excluding hydrogens is 219 g/mol. The minimum Gasteiger partial charge on any atom is -0.496 e. The molecule has 0 saturated carbocycles. The molecule has 0 aliphatic carbocycles. The standard InChI is InChI=1S/C14H11FO2/c1-17-14-7-3-6-12(13(14)9-16)10-4-2-5-11(15)8-10/h2-9H,1H3. The molecule has 0 aliphatic rings. The first-order valence-electron chi connectivity index (χ1n) is 5.14. The Morgan fingerprint density at radius 1 is 1.18 bits per heavy atom. The van der Waals surface area contributed by atoms with E-state index >= 15 is 0 Å². The Labute approximate surface area is 98.7 Å². The molecule has 2 aromatic rings. The highest BCUT2D eigenvalue weighted by molar-refractivity contribution is 5.91. The third kappa shape index (κ3) is 2.18. The molecule has 0 atom stereocenters. The van der Waals surface area contributed by atoms with Gasteiger partial charge in [-0.05, 0) is 29.3 Å². The van der Waals surface area contributed by atoms with E-state index in [2.05, 4.69) is 0 Å².